The molecule has 0 radical (unpaired) electrons. The van der Waals surface area contributed by atoms with Gasteiger partial charge in [0.1, 0.15) is 4.32 Å². The van der Waals surface area contributed by atoms with Crippen LogP contribution in [0, 0.1) is 0 Å². The molecule has 3 nitrogen and oxygen atoms in total. The summed E-state index contributed by atoms with van der Waals surface area (Å²) in [5.74, 6) is 0.170. The molecular formula is C9H15NO2S3. The van der Waals surface area contributed by atoms with Crippen LogP contribution in [0.4, 0.5) is 0 Å². The number of rotatable bonds is 2. The molecule has 0 aliphatic carbocycles. The molecule has 0 bridgehead atoms. The molecule has 0 saturated heterocycles. The molecule has 1 aliphatic rings. The molecule has 0 saturated carbocycles. The maximum Gasteiger partial charge on any atom is 0.173 e. The van der Waals surface area contributed by atoms with E-state index in [9.17, 15) is 8.42 Å². The van der Waals surface area contributed by atoms with Crippen molar-refractivity contribution in [2.24, 2.45) is 0 Å². The quantitative estimate of drug-likeness (QED) is 0.770. The smallest absolute Gasteiger partial charge is 0.173 e. The van der Waals surface area contributed by atoms with Gasteiger partial charge in [-0.05, 0) is 26.3 Å². The summed E-state index contributed by atoms with van der Waals surface area (Å²) >= 11 is 6.54. The van der Waals surface area contributed by atoms with Crippen molar-refractivity contribution in [3.8, 4) is 0 Å². The van der Waals surface area contributed by atoms with Crippen LogP contribution in [-0.4, -0.2) is 29.8 Å². The van der Waals surface area contributed by atoms with Gasteiger partial charge in [-0.25, -0.2) is 8.42 Å². The van der Waals surface area contributed by atoms with E-state index >= 15 is 0 Å². The second-order valence-electron chi connectivity index (χ2n) is 3.88. The highest BCUT2D eigenvalue weighted by molar-refractivity contribution is 8.23. The van der Waals surface area contributed by atoms with Gasteiger partial charge in [0.15, 0.2) is 9.84 Å². The maximum absolute atomic E-state index is 11.3. The van der Waals surface area contributed by atoms with Crippen LogP contribution in [0.2, 0.25) is 0 Å². The number of thioether (sulfide) groups is 1. The Labute approximate surface area is 101 Å². The van der Waals surface area contributed by atoms with E-state index < -0.39 is 9.84 Å². The van der Waals surface area contributed by atoms with Crippen molar-refractivity contribution in [2.45, 2.75) is 32.1 Å². The molecule has 0 aromatic carbocycles. The zero-order valence-electron chi connectivity index (χ0n) is 8.98. The van der Waals surface area contributed by atoms with Crippen molar-refractivity contribution >= 4 is 38.1 Å². The molecule has 0 spiro atoms. The maximum atomic E-state index is 11.3. The van der Waals surface area contributed by atoms with Gasteiger partial charge in [0.25, 0.3) is 0 Å². The van der Waals surface area contributed by atoms with E-state index in [1.807, 2.05) is 20.8 Å². The minimum atomic E-state index is -2.99. The first-order valence-electron chi connectivity index (χ1n) is 4.68. The topological polar surface area (TPSA) is 46.2 Å². The molecule has 1 atom stereocenters. The predicted octanol–water partition coefficient (Wildman–Crippen LogP) is 1.70. The molecule has 1 aliphatic heterocycles. The fourth-order valence-corrected chi connectivity index (χ4v) is 5.11. The average Bonchev–Trinajstić information content (AvgIpc) is 2.22. The lowest BCUT2D eigenvalue weighted by Crippen LogP contribution is -2.28. The SMILES string of the molecule is CC1=CS(=O)(=O)CC1SC(=S)NC(C)C. The lowest BCUT2D eigenvalue weighted by Gasteiger charge is -2.14. The summed E-state index contributed by atoms with van der Waals surface area (Å²) in [5.41, 5.74) is 0.882. The van der Waals surface area contributed by atoms with Crippen molar-refractivity contribution in [3.05, 3.63) is 11.0 Å². The van der Waals surface area contributed by atoms with E-state index in [0.717, 1.165) is 5.57 Å². The predicted molar refractivity (Wildman–Crippen MR) is 69.8 cm³/mol. The van der Waals surface area contributed by atoms with Crippen molar-refractivity contribution in [1.82, 2.24) is 5.32 Å². The normalized spacial score (nSPS) is 24.0. The largest absolute Gasteiger partial charge is 0.369 e. The Kier molecular flexibility index (Phi) is 4.20. The van der Waals surface area contributed by atoms with Crippen LogP contribution in [0.1, 0.15) is 20.8 Å². The van der Waals surface area contributed by atoms with E-state index in [2.05, 4.69) is 5.32 Å². The molecule has 1 unspecified atom stereocenters. The van der Waals surface area contributed by atoms with Crippen molar-refractivity contribution in [2.75, 3.05) is 5.75 Å². The van der Waals surface area contributed by atoms with E-state index in [1.54, 1.807) is 0 Å². The molecule has 1 rings (SSSR count). The van der Waals surface area contributed by atoms with E-state index in [-0.39, 0.29) is 17.0 Å². The van der Waals surface area contributed by atoms with Gasteiger partial charge in [0.05, 0.1) is 5.75 Å². The van der Waals surface area contributed by atoms with Crippen LogP contribution < -0.4 is 5.32 Å². The van der Waals surface area contributed by atoms with Crippen LogP contribution in [0.3, 0.4) is 0 Å². The standard InChI is InChI=1S/C9H15NO2S3/c1-6(2)10-9(13)14-8-5-15(11,12)4-7(8)3/h4,6,8H,5H2,1-3H3,(H,10,13). The minimum Gasteiger partial charge on any atom is -0.369 e. The zero-order valence-corrected chi connectivity index (χ0v) is 11.4. The third-order valence-corrected chi connectivity index (χ3v) is 5.21. The van der Waals surface area contributed by atoms with Gasteiger partial charge < -0.3 is 5.32 Å². The first-order valence-corrected chi connectivity index (χ1v) is 7.68. The zero-order chi connectivity index (χ0) is 11.6. The number of hydrogen-bond donors (Lipinski definition) is 1. The van der Waals surface area contributed by atoms with Gasteiger partial charge in [0.2, 0.25) is 0 Å². The summed E-state index contributed by atoms with van der Waals surface area (Å²) in [5, 5.41) is 4.42. The second-order valence-corrected chi connectivity index (χ2v) is 7.66. The highest BCUT2D eigenvalue weighted by Gasteiger charge is 2.28. The van der Waals surface area contributed by atoms with Gasteiger partial charge >= 0.3 is 0 Å². The van der Waals surface area contributed by atoms with Crippen LogP contribution >= 0.6 is 24.0 Å². The summed E-state index contributed by atoms with van der Waals surface area (Å²) < 4.78 is 23.3. The number of thiocarbonyl (C=S) groups is 1. The lowest BCUT2D eigenvalue weighted by molar-refractivity contribution is 0.606. The van der Waals surface area contributed by atoms with Crippen molar-refractivity contribution in [3.63, 3.8) is 0 Å². The second kappa shape index (κ2) is 4.84. The van der Waals surface area contributed by atoms with E-state index in [0.29, 0.717) is 4.32 Å². The van der Waals surface area contributed by atoms with E-state index in [1.165, 1.54) is 17.2 Å². The average molecular weight is 265 g/mol. The van der Waals surface area contributed by atoms with Gasteiger partial charge in [-0.1, -0.05) is 24.0 Å². The van der Waals surface area contributed by atoms with Crippen LogP contribution in [0.5, 0.6) is 0 Å². The first-order chi connectivity index (χ1) is 6.80. The molecule has 0 aromatic heterocycles. The Hall–Kier alpha value is -0.0700. The van der Waals surface area contributed by atoms with Crippen LogP contribution in [0.15, 0.2) is 11.0 Å². The number of hydrogen-bond acceptors (Lipinski definition) is 4. The summed E-state index contributed by atoms with van der Waals surface area (Å²) in [6, 6.07) is 0.285. The van der Waals surface area contributed by atoms with Crippen molar-refractivity contribution < 1.29 is 8.42 Å². The van der Waals surface area contributed by atoms with Crippen molar-refractivity contribution in [1.29, 1.82) is 0 Å². The Balaban J connectivity index is 2.56. The number of nitrogens with one attached hydrogen (secondary N) is 1. The Morgan fingerprint density at radius 1 is 1.67 bits per heavy atom. The fraction of sp³-hybridized carbons (Fsp3) is 0.667. The molecule has 1 N–H and O–H groups in total. The molecule has 0 amide bonds. The molecule has 86 valence electrons. The summed E-state index contributed by atoms with van der Waals surface area (Å²) in [7, 11) is -2.99. The minimum absolute atomic E-state index is 0.0197. The first kappa shape index (κ1) is 13.0. The summed E-state index contributed by atoms with van der Waals surface area (Å²) in [6.45, 7) is 5.84. The summed E-state index contributed by atoms with van der Waals surface area (Å²) in [4.78, 5) is 0. The molecule has 0 aromatic rings. The van der Waals surface area contributed by atoms with Gasteiger partial charge in [-0.2, -0.15) is 0 Å². The highest BCUT2D eigenvalue weighted by atomic mass is 32.2. The van der Waals surface area contributed by atoms with Crippen LogP contribution in [-0.2, 0) is 9.84 Å². The van der Waals surface area contributed by atoms with Gasteiger partial charge in [-0.3, -0.25) is 0 Å². The molecular weight excluding hydrogens is 250 g/mol. The summed E-state index contributed by atoms with van der Waals surface area (Å²) in [6.07, 6.45) is 0. The molecule has 15 heavy (non-hydrogen) atoms. The number of sulfone groups is 1. The van der Waals surface area contributed by atoms with Crippen LogP contribution in [0.25, 0.3) is 0 Å². The Morgan fingerprint density at radius 2 is 2.27 bits per heavy atom. The highest BCUT2D eigenvalue weighted by Crippen LogP contribution is 2.28. The Bertz CT molecular complexity index is 384. The monoisotopic (exact) mass is 265 g/mol. The third kappa shape index (κ3) is 4.12. The molecule has 6 heteroatoms. The lowest BCUT2D eigenvalue weighted by atomic mass is 10.3. The molecule has 1 heterocycles. The van der Waals surface area contributed by atoms with E-state index in [4.69, 9.17) is 12.2 Å². The fourth-order valence-electron chi connectivity index (χ4n) is 1.28. The van der Waals surface area contributed by atoms with Gasteiger partial charge in [-0.15, -0.1) is 0 Å². The third-order valence-electron chi connectivity index (χ3n) is 1.91. The Morgan fingerprint density at radius 3 is 2.67 bits per heavy atom. The van der Waals surface area contributed by atoms with Gasteiger partial charge in [0, 0.05) is 16.7 Å². The molecule has 0 fully saturated rings.